The van der Waals surface area contributed by atoms with E-state index >= 15 is 0 Å². The molecule has 0 unspecified atom stereocenters. The second kappa shape index (κ2) is 4.02. The zero-order chi connectivity index (χ0) is 6.85. The molecule has 1 nitrogen and oxygen atoms in total. The van der Waals surface area contributed by atoms with Crippen LogP contribution in [-0.4, -0.2) is 29.6 Å². The van der Waals surface area contributed by atoms with Gasteiger partial charge in [-0.25, -0.2) is 0 Å². The summed E-state index contributed by atoms with van der Waals surface area (Å²) in [7, 11) is 0. The molecule has 1 aromatic carbocycles. The molecule has 0 aliphatic heterocycles. The predicted octanol–water partition coefficient (Wildman–Crippen LogP) is 1.50. The van der Waals surface area contributed by atoms with Crippen LogP contribution in [0.3, 0.4) is 0 Å². The standard InChI is InChI=1S/C8H11N.Na/c1-6-3-4-8(9)5-7(6)2;/h3-5H,9H2,1-2H3;. The molecular weight excluding hydrogens is 133 g/mol. The number of benzene rings is 1. The van der Waals surface area contributed by atoms with Gasteiger partial charge in [-0.1, -0.05) is 6.07 Å². The van der Waals surface area contributed by atoms with Crippen molar-refractivity contribution < 1.29 is 0 Å². The zero-order valence-electron chi connectivity index (χ0n) is 6.81. The molecule has 0 atom stereocenters. The second-order valence-electron chi connectivity index (χ2n) is 2.34. The number of aryl methyl sites for hydroxylation is 2. The van der Waals surface area contributed by atoms with Crippen LogP contribution < -0.4 is 5.73 Å². The summed E-state index contributed by atoms with van der Waals surface area (Å²) in [6, 6.07) is 5.93. The summed E-state index contributed by atoms with van der Waals surface area (Å²) in [5.41, 5.74) is 8.93. The molecule has 0 bridgehead atoms. The quantitative estimate of drug-likeness (QED) is 0.433. The molecule has 0 heterocycles. The Bertz CT molecular complexity index is 220. The molecular formula is C8H11NNa. The molecule has 1 aromatic rings. The van der Waals surface area contributed by atoms with Gasteiger partial charge < -0.3 is 5.73 Å². The van der Waals surface area contributed by atoms with Gasteiger partial charge in [-0.15, -0.1) is 0 Å². The summed E-state index contributed by atoms with van der Waals surface area (Å²) in [5, 5.41) is 0. The predicted molar refractivity (Wildman–Crippen MR) is 46.1 cm³/mol. The summed E-state index contributed by atoms with van der Waals surface area (Å²) in [6.07, 6.45) is 0. The summed E-state index contributed by atoms with van der Waals surface area (Å²) in [6.45, 7) is 4.14. The summed E-state index contributed by atoms with van der Waals surface area (Å²) < 4.78 is 0. The summed E-state index contributed by atoms with van der Waals surface area (Å²) >= 11 is 0. The maximum atomic E-state index is 5.53. The SMILES string of the molecule is Cc1ccc(N)cc1C.[Na]. The van der Waals surface area contributed by atoms with Crippen LogP contribution in [0.1, 0.15) is 11.1 Å². The molecule has 10 heavy (non-hydrogen) atoms. The Hall–Kier alpha value is 0.0200. The third-order valence-electron chi connectivity index (χ3n) is 1.53. The molecule has 2 heteroatoms. The van der Waals surface area contributed by atoms with Crippen LogP contribution >= 0.6 is 0 Å². The average Bonchev–Trinajstić information content (AvgIpc) is 1.80. The second-order valence-corrected chi connectivity index (χ2v) is 2.34. The molecule has 0 spiro atoms. The van der Waals surface area contributed by atoms with Gasteiger partial charge in [-0.3, -0.25) is 0 Å². The number of anilines is 1. The number of nitrogen functional groups attached to an aromatic ring is 1. The molecule has 0 aliphatic rings. The normalized spacial score (nSPS) is 8.60. The molecule has 1 rings (SSSR count). The van der Waals surface area contributed by atoms with Crippen molar-refractivity contribution in [3.8, 4) is 0 Å². The fourth-order valence-electron chi connectivity index (χ4n) is 0.765. The first-order valence-corrected chi connectivity index (χ1v) is 3.03. The van der Waals surface area contributed by atoms with Gasteiger partial charge in [0.2, 0.25) is 0 Å². The average molecular weight is 144 g/mol. The minimum Gasteiger partial charge on any atom is -0.399 e. The van der Waals surface area contributed by atoms with Crippen LogP contribution in [0.2, 0.25) is 0 Å². The van der Waals surface area contributed by atoms with Crippen LogP contribution in [0.15, 0.2) is 18.2 Å². The monoisotopic (exact) mass is 144 g/mol. The van der Waals surface area contributed by atoms with Crippen molar-refractivity contribution >= 4 is 35.2 Å². The van der Waals surface area contributed by atoms with Crippen LogP contribution in [0.4, 0.5) is 5.69 Å². The van der Waals surface area contributed by atoms with E-state index in [0.717, 1.165) is 5.69 Å². The Morgan fingerprint density at radius 2 is 1.70 bits per heavy atom. The molecule has 0 amide bonds. The van der Waals surface area contributed by atoms with E-state index in [2.05, 4.69) is 13.8 Å². The first kappa shape index (κ1) is 10.0. The van der Waals surface area contributed by atoms with Gasteiger partial charge in [0.05, 0.1) is 0 Å². The van der Waals surface area contributed by atoms with E-state index < -0.39 is 0 Å². The first-order valence-electron chi connectivity index (χ1n) is 3.03. The van der Waals surface area contributed by atoms with E-state index in [-0.39, 0.29) is 29.6 Å². The van der Waals surface area contributed by atoms with Crippen LogP contribution in [0.5, 0.6) is 0 Å². The maximum absolute atomic E-state index is 5.53. The van der Waals surface area contributed by atoms with Gasteiger partial charge in [0.15, 0.2) is 0 Å². The van der Waals surface area contributed by atoms with E-state index in [4.69, 9.17) is 5.73 Å². The van der Waals surface area contributed by atoms with Gasteiger partial charge in [-0.2, -0.15) is 0 Å². The van der Waals surface area contributed by atoms with Gasteiger partial charge in [0.1, 0.15) is 0 Å². The number of hydrogen-bond donors (Lipinski definition) is 1. The van der Waals surface area contributed by atoms with Crippen molar-refractivity contribution in [1.82, 2.24) is 0 Å². The number of hydrogen-bond acceptors (Lipinski definition) is 1. The van der Waals surface area contributed by atoms with Crippen LogP contribution in [0, 0.1) is 13.8 Å². The minimum atomic E-state index is 0. The third kappa shape index (κ3) is 2.33. The van der Waals surface area contributed by atoms with Gasteiger partial charge in [0.25, 0.3) is 0 Å². The fraction of sp³-hybridized carbons (Fsp3) is 0.250. The van der Waals surface area contributed by atoms with Crippen LogP contribution in [-0.2, 0) is 0 Å². The van der Waals surface area contributed by atoms with Crippen molar-refractivity contribution in [3.63, 3.8) is 0 Å². The molecule has 49 valence electrons. The van der Waals surface area contributed by atoms with E-state index in [9.17, 15) is 0 Å². The smallest absolute Gasteiger partial charge is 0.0316 e. The Balaban J connectivity index is 0.000000810. The molecule has 0 saturated carbocycles. The zero-order valence-corrected chi connectivity index (χ0v) is 8.81. The maximum Gasteiger partial charge on any atom is 0.0316 e. The fourth-order valence-corrected chi connectivity index (χ4v) is 0.765. The molecule has 0 aromatic heterocycles. The van der Waals surface area contributed by atoms with Gasteiger partial charge in [0, 0.05) is 35.2 Å². The minimum absolute atomic E-state index is 0. The number of rotatable bonds is 0. The summed E-state index contributed by atoms with van der Waals surface area (Å²) in [4.78, 5) is 0. The molecule has 2 N–H and O–H groups in total. The van der Waals surface area contributed by atoms with Crippen molar-refractivity contribution in [2.45, 2.75) is 13.8 Å². The first-order chi connectivity index (χ1) is 4.20. The van der Waals surface area contributed by atoms with Gasteiger partial charge in [-0.05, 0) is 37.1 Å². The topological polar surface area (TPSA) is 26.0 Å². The molecule has 0 saturated heterocycles. The van der Waals surface area contributed by atoms with E-state index in [0.29, 0.717) is 0 Å². The Morgan fingerprint density at radius 3 is 2.10 bits per heavy atom. The molecule has 0 aliphatic carbocycles. The van der Waals surface area contributed by atoms with Crippen LogP contribution in [0.25, 0.3) is 0 Å². The number of nitrogens with two attached hydrogens (primary N) is 1. The van der Waals surface area contributed by atoms with Crippen molar-refractivity contribution in [1.29, 1.82) is 0 Å². The van der Waals surface area contributed by atoms with E-state index in [1.807, 2.05) is 18.2 Å². The van der Waals surface area contributed by atoms with Crippen molar-refractivity contribution in [2.75, 3.05) is 5.73 Å². The Kier molecular flexibility index (Phi) is 4.02. The third-order valence-corrected chi connectivity index (χ3v) is 1.53. The Labute approximate surface area is 83.9 Å². The summed E-state index contributed by atoms with van der Waals surface area (Å²) in [5.74, 6) is 0. The largest absolute Gasteiger partial charge is 0.399 e. The van der Waals surface area contributed by atoms with Gasteiger partial charge >= 0.3 is 0 Å². The van der Waals surface area contributed by atoms with Crippen molar-refractivity contribution in [3.05, 3.63) is 29.3 Å². The van der Waals surface area contributed by atoms with Crippen molar-refractivity contribution in [2.24, 2.45) is 0 Å². The molecule has 1 radical (unpaired) electrons. The van der Waals surface area contributed by atoms with E-state index in [1.165, 1.54) is 11.1 Å². The molecule has 0 fully saturated rings. The van der Waals surface area contributed by atoms with E-state index in [1.54, 1.807) is 0 Å². The Morgan fingerprint density at radius 1 is 1.10 bits per heavy atom.